The van der Waals surface area contributed by atoms with Gasteiger partial charge in [-0.2, -0.15) is 4.80 Å². The van der Waals surface area contributed by atoms with Crippen LogP contribution in [0.2, 0.25) is 0 Å². The number of ether oxygens (including phenoxy) is 1. The molecule has 9 heteroatoms. The maximum absolute atomic E-state index is 14.3. The Morgan fingerprint density at radius 2 is 1.77 bits per heavy atom. The maximum Gasteiger partial charge on any atom is 0.443 e. The Labute approximate surface area is 171 Å². The first-order valence-electron chi connectivity index (χ1n) is 9.07. The molecule has 0 radical (unpaired) electrons. The molecular weight excluding hydrogens is 387 g/mol. The highest BCUT2D eigenvalue weighted by Gasteiger charge is 2.17. The van der Waals surface area contributed by atoms with Crippen molar-refractivity contribution in [1.29, 1.82) is 0 Å². The number of aryl methyl sites for hydroxylation is 1. The lowest BCUT2D eigenvalue weighted by atomic mass is 10.1. The number of tetrazole rings is 1. The highest BCUT2D eigenvalue weighted by Crippen LogP contribution is 2.25. The van der Waals surface area contributed by atoms with Crippen molar-refractivity contribution < 1.29 is 14.0 Å². The van der Waals surface area contributed by atoms with E-state index in [1.54, 1.807) is 43.6 Å². The number of benzene rings is 2. The van der Waals surface area contributed by atoms with Crippen LogP contribution in [0.4, 0.5) is 15.0 Å². The first kappa shape index (κ1) is 19.2. The average molecular weight is 404 g/mol. The molecule has 4 rings (SSSR count). The molecular formula is C21H17FN6O2. The normalized spacial score (nSPS) is 10.6. The van der Waals surface area contributed by atoms with Crippen LogP contribution in [0.15, 0.2) is 72.9 Å². The van der Waals surface area contributed by atoms with Gasteiger partial charge in [-0.1, -0.05) is 53.0 Å². The molecule has 0 spiro atoms. The maximum atomic E-state index is 14.3. The van der Waals surface area contributed by atoms with Crippen LogP contribution in [0.3, 0.4) is 0 Å². The fourth-order valence-corrected chi connectivity index (χ4v) is 2.75. The van der Waals surface area contributed by atoms with Crippen LogP contribution in [-0.2, 0) is 18.4 Å². The summed E-state index contributed by atoms with van der Waals surface area (Å²) in [5, 5.41) is 11.8. The third kappa shape index (κ3) is 4.30. The van der Waals surface area contributed by atoms with E-state index in [-0.39, 0.29) is 17.4 Å². The minimum atomic E-state index is -1.07. The number of aromatic nitrogens is 5. The summed E-state index contributed by atoms with van der Waals surface area (Å²) in [6, 6.07) is 19.1. The smallest absolute Gasteiger partial charge is 0.443 e. The lowest BCUT2D eigenvalue weighted by molar-refractivity contribution is 0.134. The third-order valence-electron chi connectivity index (χ3n) is 4.29. The Balaban J connectivity index is 1.41. The Morgan fingerprint density at radius 1 is 1.03 bits per heavy atom. The number of nitrogens with zero attached hydrogens (tertiary/aromatic N) is 6. The van der Waals surface area contributed by atoms with E-state index in [2.05, 4.69) is 20.4 Å². The van der Waals surface area contributed by atoms with Gasteiger partial charge in [-0.05, 0) is 34.5 Å². The second-order valence-electron chi connectivity index (χ2n) is 6.40. The SMILES string of the molecule is Cn1nnc(-c2ccc(-c3ccc(N(F)C(=O)OCc4ccccc4)cc3)cn2)n1. The van der Waals surface area contributed by atoms with E-state index in [1.807, 2.05) is 24.3 Å². The van der Waals surface area contributed by atoms with Crippen molar-refractivity contribution >= 4 is 11.8 Å². The van der Waals surface area contributed by atoms with Gasteiger partial charge < -0.3 is 4.74 Å². The summed E-state index contributed by atoms with van der Waals surface area (Å²) in [4.78, 5) is 17.6. The molecule has 0 unspecified atom stereocenters. The van der Waals surface area contributed by atoms with Crippen molar-refractivity contribution in [2.45, 2.75) is 6.61 Å². The molecule has 1 amide bonds. The van der Waals surface area contributed by atoms with Crippen LogP contribution in [0.25, 0.3) is 22.6 Å². The lowest BCUT2D eigenvalue weighted by Gasteiger charge is -2.13. The number of carbonyl (C=O) groups is 1. The van der Waals surface area contributed by atoms with Gasteiger partial charge in [0.05, 0.1) is 12.7 Å². The van der Waals surface area contributed by atoms with Gasteiger partial charge in [-0.3, -0.25) is 4.98 Å². The molecule has 0 aliphatic rings. The summed E-state index contributed by atoms with van der Waals surface area (Å²) in [5.41, 5.74) is 3.09. The zero-order valence-corrected chi connectivity index (χ0v) is 16.0. The molecule has 0 saturated heterocycles. The van der Waals surface area contributed by atoms with Gasteiger partial charge in [-0.15, -0.1) is 15.3 Å². The van der Waals surface area contributed by atoms with E-state index >= 15 is 0 Å². The molecule has 0 atom stereocenters. The topological polar surface area (TPSA) is 86.0 Å². The summed E-state index contributed by atoms with van der Waals surface area (Å²) in [5.74, 6) is 0.432. The Bertz CT molecular complexity index is 1130. The molecule has 0 aliphatic heterocycles. The summed E-state index contributed by atoms with van der Waals surface area (Å²) in [6.07, 6.45) is 0.594. The summed E-state index contributed by atoms with van der Waals surface area (Å²) in [7, 11) is 1.68. The zero-order valence-electron chi connectivity index (χ0n) is 16.0. The van der Waals surface area contributed by atoms with Crippen LogP contribution in [0.5, 0.6) is 0 Å². The molecule has 0 fully saturated rings. The van der Waals surface area contributed by atoms with Gasteiger partial charge in [0, 0.05) is 11.8 Å². The summed E-state index contributed by atoms with van der Waals surface area (Å²) < 4.78 is 19.3. The molecule has 30 heavy (non-hydrogen) atoms. The number of hydrogen-bond acceptors (Lipinski definition) is 6. The third-order valence-corrected chi connectivity index (χ3v) is 4.29. The predicted molar refractivity (Wildman–Crippen MR) is 108 cm³/mol. The second-order valence-corrected chi connectivity index (χ2v) is 6.40. The van der Waals surface area contributed by atoms with Gasteiger partial charge in [0.1, 0.15) is 12.3 Å². The highest BCUT2D eigenvalue weighted by molar-refractivity contribution is 5.85. The molecule has 0 N–H and O–H groups in total. The van der Waals surface area contributed by atoms with Crippen molar-refractivity contribution in [3.63, 3.8) is 0 Å². The molecule has 0 saturated carbocycles. The standard InChI is InChI=1S/C21H17FN6O2/c1-27-25-20(24-26-27)19-12-9-17(13-23-19)16-7-10-18(11-8-16)28(22)21(29)30-14-15-5-3-2-4-6-15/h2-13H,14H2,1H3. The van der Waals surface area contributed by atoms with E-state index < -0.39 is 6.09 Å². The van der Waals surface area contributed by atoms with Crippen molar-refractivity contribution in [3.8, 4) is 22.6 Å². The van der Waals surface area contributed by atoms with Crippen molar-refractivity contribution in [3.05, 3.63) is 78.5 Å². The fraction of sp³-hybridized carbons (Fsp3) is 0.0952. The number of anilines is 1. The predicted octanol–water partition coefficient (Wildman–Crippen LogP) is 3.97. The summed E-state index contributed by atoms with van der Waals surface area (Å²) in [6.45, 7) is -0.00313. The zero-order chi connectivity index (χ0) is 20.9. The van der Waals surface area contributed by atoms with Crippen molar-refractivity contribution in [2.24, 2.45) is 7.05 Å². The largest absolute Gasteiger partial charge is 0.443 e. The minimum Gasteiger partial charge on any atom is -0.443 e. The van der Waals surface area contributed by atoms with Crippen molar-refractivity contribution in [2.75, 3.05) is 5.12 Å². The van der Waals surface area contributed by atoms with Gasteiger partial charge in [-0.25, -0.2) is 4.79 Å². The minimum absolute atomic E-state index is 0.00313. The Kier molecular flexibility index (Phi) is 5.42. The monoisotopic (exact) mass is 404 g/mol. The van der Waals surface area contributed by atoms with E-state index in [4.69, 9.17) is 4.74 Å². The molecule has 2 aromatic carbocycles. The average Bonchev–Trinajstić information content (AvgIpc) is 3.24. The van der Waals surface area contributed by atoms with Gasteiger partial charge in [0.25, 0.3) is 0 Å². The molecule has 8 nitrogen and oxygen atoms in total. The molecule has 0 aliphatic carbocycles. The number of pyridine rings is 1. The van der Waals surface area contributed by atoms with E-state index in [1.165, 1.54) is 16.9 Å². The van der Waals surface area contributed by atoms with Gasteiger partial charge in [0.15, 0.2) is 0 Å². The lowest BCUT2D eigenvalue weighted by Crippen LogP contribution is -2.22. The van der Waals surface area contributed by atoms with Crippen LogP contribution in [0, 0.1) is 0 Å². The van der Waals surface area contributed by atoms with Crippen LogP contribution < -0.4 is 5.12 Å². The number of hydrogen-bond donors (Lipinski definition) is 0. The van der Waals surface area contributed by atoms with Crippen LogP contribution >= 0.6 is 0 Å². The molecule has 2 heterocycles. The number of rotatable bonds is 5. The first-order valence-corrected chi connectivity index (χ1v) is 9.07. The number of halogens is 1. The number of amides is 1. The Hall–Kier alpha value is -4.14. The highest BCUT2D eigenvalue weighted by atomic mass is 19.2. The molecule has 2 aromatic heterocycles. The first-order chi connectivity index (χ1) is 14.6. The van der Waals surface area contributed by atoms with Gasteiger partial charge in [0.2, 0.25) is 5.82 Å². The van der Waals surface area contributed by atoms with E-state index in [0.717, 1.165) is 16.7 Å². The van der Waals surface area contributed by atoms with E-state index in [9.17, 15) is 9.28 Å². The molecule has 150 valence electrons. The molecule has 0 bridgehead atoms. The van der Waals surface area contributed by atoms with Gasteiger partial charge >= 0.3 is 6.09 Å². The van der Waals surface area contributed by atoms with Crippen LogP contribution in [0.1, 0.15) is 5.56 Å². The second kappa shape index (κ2) is 8.48. The quantitative estimate of drug-likeness (QED) is 0.468. The van der Waals surface area contributed by atoms with Crippen molar-refractivity contribution in [1.82, 2.24) is 25.2 Å². The number of carbonyl (C=O) groups excluding carboxylic acids is 1. The molecule has 4 aromatic rings. The Morgan fingerprint density at radius 3 is 2.40 bits per heavy atom. The van der Waals surface area contributed by atoms with E-state index in [0.29, 0.717) is 11.5 Å². The van der Waals surface area contributed by atoms with Crippen LogP contribution in [-0.4, -0.2) is 31.3 Å². The fourth-order valence-electron chi connectivity index (χ4n) is 2.75. The summed E-state index contributed by atoms with van der Waals surface area (Å²) >= 11 is 0.